The smallest absolute Gasteiger partial charge is 0.161 e. The molecule has 0 unspecified atom stereocenters. The van der Waals surface area contributed by atoms with Crippen LogP contribution in [0.4, 0.5) is 0 Å². The summed E-state index contributed by atoms with van der Waals surface area (Å²) < 4.78 is 1.02. The van der Waals surface area contributed by atoms with Crippen molar-refractivity contribution in [2.45, 2.75) is 19.9 Å². The third kappa shape index (κ3) is 3.09. The molecule has 1 heterocycles. The molecule has 0 amide bonds. The molecular formula is C14H15BrN2OS. The summed E-state index contributed by atoms with van der Waals surface area (Å²) in [4.78, 5) is 16.5. The first-order valence-corrected chi connectivity index (χ1v) is 7.90. The third-order valence-corrected chi connectivity index (χ3v) is 4.10. The van der Waals surface area contributed by atoms with E-state index in [1.807, 2.05) is 37.4 Å². The van der Waals surface area contributed by atoms with Gasteiger partial charge in [-0.3, -0.25) is 4.79 Å². The zero-order valence-electron chi connectivity index (χ0n) is 11.0. The van der Waals surface area contributed by atoms with Gasteiger partial charge in [-0.15, -0.1) is 0 Å². The molecule has 0 bridgehead atoms. The fourth-order valence-electron chi connectivity index (χ4n) is 2.09. The van der Waals surface area contributed by atoms with Gasteiger partial charge in [0.05, 0.1) is 0 Å². The zero-order valence-corrected chi connectivity index (χ0v) is 13.4. The van der Waals surface area contributed by atoms with E-state index in [1.165, 1.54) is 0 Å². The first-order valence-electron chi connectivity index (χ1n) is 5.89. The highest BCUT2D eigenvalue weighted by Crippen LogP contribution is 2.32. The molecule has 1 aliphatic rings. The number of rotatable bonds is 2. The van der Waals surface area contributed by atoms with Crippen molar-refractivity contribution in [1.82, 2.24) is 5.32 Å². The lowest BCUT2D eigenvalue weighted by atomic mass is 9.94. The number of amidine groups is 1. The number of nitrogens with zero attached hydrogens (tertiary/aromatic N) is 1. The molecule has 1 atom stereocenters. The second-order valence-corrected chi connectivity index (χ2v) is 6.02. The van der Waals surface area contributed by atoms with Crippen LogP contribution in [0.3, 0.4) is 0 Å². The van der Waals surface area contributed by atoms with E-state index < -0.39 is 0 Å². The molecule has 1 aromatic carbocycles. The van der Waals surface area contributed by atoms with Gasteiger partial charge in [0.25, 0.3) is 0 Å². The number of thioether (sulfide) groups is 1. The average molecular weight is 339 g/mol. The summed E-state index contributed by atoms with van der Waals surface area (Å²) in [5.74, 6) is 0.0572. The predicted molar refractivity (Wildman–Crippen MR) is 84.3 cm³/mol. The molecule has 5 heteroatoms. The Morgan fingerprint density at radius 3 is 2.53 bits per heavy atom. The van der Waals surface area contributed by atoms with Crippen molar-refractivity contribution in [2.24, 2.45) is 4.99 Å². The summed E-state index contributed by atoms with van der Waals surface area (Å²) in [6.45, 7) is 3.51. The van der Waals surface area contributed by atoms with E-state index in [4.69, 9.17) is 0 Å². The Labute approximate surface area is 125 Å². The highest BCUT2D eigenvalue weighted by atomic mass is 79.9. The Balaban J connectivity index is 2.48. The van der Waals surface area contributed by atoms with Crippen molar-refractivity contribution >= 4 is 38.6 Å². The van der Waals surface area contributed by atoms with Gasteiger partial charge in [-0.25, -0.2) is 4.99 Å². The molecule has 1 aliphatic heterocycles. The molecule has 1 aromatic rings. The fraction of sp³-hybridized carbons (Fsp3) is 0.286. The minimum Gasteiger partial charge on any atom is -0.338 e. The van der Waals surface area contributed by atoms with Crippen LogP contribution in [0.25, 0.3) is 0 Å². The average Bonchev–Trinajstić information content (AvgIpc) is 2.38. The Kier molecular flexibility index (Phi) is 4.47. The molecule has 0 saturated carbocycles. The molecule has 0 radical (unpaired) electrons. The summed E-state index contributed by atoms with van der Waals surface area (Å²) in [6.07, 6.45) is 1.97. The third-order valence-electron chi connectivity index (χ3n) is 2.98. The van der Waals surface area contributed by atoms with E-state index in [0.29, 0.717) is 0 Å². The number of Topliss-reactive ketones (excluding diaryl/α,β-unsaturated/α-hetero) is 1. The van der Waals surface area contributed by atoms with Crippen LogP contribution >= 0.6 is 27.7 Å². The predicted octanol–water partition coefficient (Wildman–Crippen LogP) is 3.68. The maximum absolute atomic E-state index is 11.9. The van der Waals surface area contributed by atoms with Gasteiger partial charge in [0.1, 0.15) is 6.04 Å². The van der Waals surface area contributed by atoms with Crippen molar-refractivity contribution in [3.05, 3.63) is 45.6 Å². The number of allylic oxidation sites excluding steroid dienone is 1. The maximum atomic E-state index is 11.9. The lowest BCUT2D eigenvalue weighted by Gasteiger charge is -2.25. The Morgan fingerprint density at radius 1 is 1.37 bits per heavy atom. The van der Waals surface area contributed by atoms with E-state index in [1.54, 1.807) is 18.7 Å². The molecule has 0 fully saturated rings. The number of benzene rings is 1. The van der Waals surface area contributed by atoms with Crippen molar-refractivity contribution in [2.75, 3.05) is 6.26 Å². The highest BCUT2D eigenvalue weighted by molar-refractivity contribution is 9.10. The van der Waals surface area contributed by atoms with Gasteiger partial charge in [-0.1, -0.05) is 39.8 Å². The molecule has 19 heavy (non-hydrogen) atoms. The fourth-order valence-corrected chi connectivity index (χ4v) is 2.82. The standard InChI is InChI=1S/C14H15BrN2OS/c1-8-12(9(2)18)13(17-14(16-8)19-3)10-4-6-11(15)7-5-10/h4-7,13H,1-3H3,(H,16,17)/t13-/m1/s1. The van der Waals surface area contributed by atoms with Crippen LogP contribution in [0, 0.1) is 0 Å². The van der Waals surface area contributed by atoms with E-state index in [0.717, 1.165) is 26.5 Å². The number of hydrogen-bond donors (Lipinski definition) is 1. The number of halogens is 1. The Hall–Kier alpha value is -1.07. The summed E-state index contributed by atoms with van der Waals surface area (Å²) in [5, 5.41) is 4.01. The van der Waals surface area contributed by atoms with Gasteiger partial charge in [-0.05, 0) is 37.8 Å². The Bertz CT molecular complexity index is 563. The molecule has 0 aliphatic carbocycles. The van der Waals surface area contributed by atoms with Crippen LogP contribution in [-0.2, 0) is 4.79 Å². The molecule has 3 nitrogen and oxygen atoms in total. The van der Waals surface area contributed by atoms with Crippen molar-refractivity contribution < 1.29 is 4.79 Å². The maximum Gasteiger partial charge on any atom is 0.161 e. The van der Waals surface area contributed by atoms with Crippen LogP contribution in [0.5, 0.6) is 0 Å². The van der Waals surface area contributed by atoms with Gasteiger partial charge in [0.2, 0.25) is 0 Å². The quantitative estimate of drug-likeness (QED) is 0.894. The highest BCUT2D eigenvalue weighted by Gasteiger charge is 2.26. The summed E-state index contributed by atoms with van der Waals surface area (Å²) in [5.41, 5.74) is 2.65. The van der Waals surface area contributed by atoms with Crippen molar-refractivity contribution in [3.8, 4) is 0 Å². The normalized spacial score (nSPS) is 18.9. The van der Waals surface area contributed by atoms with Crippen molar-refractivity contribution in [1.29, 1.82) is 0 Å². The second kappa shape index (κ2) is 5.92. The number of aliphatic imine (C=N–C) groups is 1. The molecule has 100 valence electrons. The van der Waals surface area contributed by atoms with Gasteiger partial charge < -0.3 is 5.32 Å². The van der Waals surface area contributed by atoms with E-state index in [9.17, 15) is 4.79 Å². The first kappa shape index (κ1) is 14.3. The van der Waals surface area contributed by atoms with Crippen LogP contribution < -0.4 is 5.32 Å². The number of carbonyl (C=O) groups excluding carboxylic acids is 1. The number of hydrogen-bond acceptors (Lipinski definition) is 4. The summed E-state index contributed by atoms with van der Waals surface area (Å²) in [6, 6.07) is 7.72. The largest absolute Gasteiger partial charge is 0.338 e. The first-order chi connectivity index (χ1) is 9.02. The minimum atomic E-state index is -0.214. The molecule has 0 aromatic heterocycles. The van der Waals surface area contributed by atoms with Crippen LogP contribution in [0.2, 0.25) is 0 Å². The van der Waals surface area contributed by atoms with Crippen molar-refractivity contribution in [3.63, 3.8) is 0 Å². The lowest BCUT2D eigenvalue weighted by Crippen LogP contribution is -2.28. The van der Waals surface area contributed by atoms with Crippen LogP contribution in [0.15, 0.2) is 45.0 Å². The monoisotopic (exact) mass is 338 g/mol. The summed E-state index contributed by atoms with van der Waals surface area (Å²) in [7, 11) is 0. The molecule has 0 spiro atoms. The molecular weight excluding hydrogens is 324 g/mol. The number of nitrogens with one attached hydrogen (secondary N) is 1. The molecule has 1 N–H and O–H groups in total. The molecule has 2 rings (SSSR count). The summed E-state index contributed by atoms with van der Waals surface area (Å²) >= 11 is 4.97. The van der Waals surface area contributed by atoms with Crippen LogP contribution in [0.1, 0.15) is 25.5 Å². The zero-order chi connectivity index (χ0) is 14.0. The van der Waals surface area contributed by atoms with Gasteiger partial charge >= 0.3 is 0 Å². The minimum absolute atomic E-state index is 0.0572. The van der Waals surface area contributed by atoms with Crippen LogP contribution in [-0.4, -0.2) is 17.2 Å². The van der Waals surface area contributed by atoms with Gasteiger partial charge in [0.15, 0.2) is 11.0 Å². The Morgan fingerprint density at radius 2 is 2.00 bits per heavy atom. The van der Waals surface area contributed by atoms with E-state index in [-0.39, 0.29) is 11.8 Å². The van der Waals surface area contributed by atoms with E-state index in [2.05, 4.69) is 26.2 Å². The number of carbonyl (C=O) groups is 1. The van der Waals surface area contributed by atoms with E-state index >= 15 is 0 Å². The topological polar surface area (TPSA) is 41.5 Å². The SMILES string of the molecule is CSC1=N[C@H](c2ccc(Br)cc2)C(C(C)=O)=C(C)N1. The van der Waals surface area contributed by atoms with Gasteiger partial charge in [0, 0.05) is 15.7 Å². The number of ketones is 1. The lowest BCUT2D eigenvalue weighted by molar-refractivity contribution is -0.113. The molecule has 0 saturated heterocycles. The second-order valence-electron chi connectivity index (χ2n) is 4.31. The van der Waals surface area contributed by atoms with Gasteiger partial charge in [-0.2, -0.15) is 0 Å².